The number of sulfonamides is 1. The first kappa shape index (κ1) is 22.7. The van der Waals surface area contributed by atoms with E-state index in [0.717, 1.165) is 16.7 Å². The zero-order valence-corrected chi connectivity index (χ0v) is 18.6. The van der Waals surface area contributed by atoms with E-state index in [2.05, 4.69) is 10.0 Å². The van der Waals surface area contributed by atoms with E-state index in [-0.39, 0.29) is 22.9 Å². The molecule has 1 amide bonds. The summed E-state index contributed by atoms with van der Waals surface area (Å²) in [6.45, 7) is 3.77. The van der Waals surface area contributed by atoms with Gasteiger partial charge in [-0.15, -0.1) is 0 Å². The Labute approximate surface area is 184 Å². The molecule has 3 aromatic rings. The maximum Gasteiger partial charge on any atom is 0.241 e. The Hall–Kier alpha value is -2.96. The molecule has 0 spiro atoms. The van der Waals surface area contributed by atoms with E-state index >= 15 is 0 Å². The van der Waals surface area contributed by atoms with Crippen LogP contribution in [0.15, 0.2) is 89.8 Å². The summed E-state index contributed by atoms with van der Waals surface area (Å²) in [6, 6.07) is 25.5. The third kappa shape index (κ3) is 6.51. The summed E-state index contributed by atoms with van der Waals surface area (Å²) < 4.78 is 28.1. The molecule has 0 aliphatic rings. The smallest absolute Gasteiger partial charge is 0.241 e. The van der Waals surface area contributed by atoms with Crippen LogP contribution in [0.25, 0.3) is 0 Å². The lowest BCUT2D eigenvalue weighted by Crippen LogP contribution is -2.27. The number of amides is 1. The van der Waals surface area contributed by atoms with Crippen LogP contribution in [-0.4, -0.2) is 14.3 Å². The second kappa shape index (κ2) is 10.4. The Morgan fingerprint density at radius 1 is 0.774 bits per heavy atom. The highest BCUT2D eigenvalue weighted by atomic mass is 32.2. The van der Waals surface area contributed by atoms with Gasteiger partial charge in [0.25, 0.3) is 0 Å². The van der Waals surface area contributed by atoms with E-state index in [9.17, 15) is 13.2 Å². The quantitative estimate of drug-likeness (QED) is 0.517. The molecule has 5 nitrogen and oxygen atoms in total. The summed E-state index contributed by atoms with van der Waals surface area (Å²) in [5.41, 5.74) is 2.87. The fourth-order valence-corrected chi connectivity index (χ4v) is 4.57. The Balaban J connectivity index is 1.54. The van der Waals surface area contributed by atoms with Gasteiger partial charge >= 0.3 is 0 Å². The number of benzene rings is 3. The lowest BCUT2D eigenvalue weighted by atomic mass is 10.1. The van der Waals surface area contributed by atoms with E-state index in [1.165, 1.54) is 0 Å². The minimum Gasteiger partial charge on any atom is -0.350 e. The predicted octanol–water partition coefficient (Wildman–Crippen LogP) is 4.54. The molecule has 2 N–H and O–H groups in total. The van der Waals surface area contributed by atoms with Crippen LogP contribution in [0.5, 0.6) is 0 Å². The molecule has 0 bridgehead atoms. The first-order valence-electron chi connectivity index (χ1n) is 10.4. The summed E-state index contributed by atoms with van der Waals surface area (Å²) in [5, 5.41) is 2.99. The Morgan fingerprint density at radius 3 is 1.84 bits per heavy atom. The molecule has 0 aliphatic carbocycles. The molecule has 3 rings (SSSR count). The number of nitrogens with one attached hydrogen (secondary N) is 2. The van der Waals surface area contributed by atoms with Crippen LogP contribution in [0.2, 0.25) is 0 Å². The monoisotopic (exact) mass is 436 g/mol. The van der Waals surface area contributed by atoms with Crippen molar-refractivity contribution in [2.75, 3.05) is 0 Å². The minimum absolute atomic E-state index is 0.0357. The van der Waals surface area contributed by atoms with Crippen molar-refractivity contribution in [1.29, 1.82) is 0 Å². The summed E-state index contributed by atoms with van der Waals surface area (Å²) in [4.78, 5) is 12.5. The molecular weight excluding hydrogens is 408 g/mol. The molecule has 0 radical (unpaired) electrons. The minimum atomic E-state index is -3.63. The van der Waals surface area contributed by atoms with Crippen molar-refractivity contribution in [2.24, 2.45) is 0 Å². The van der Waals surface area contributed by atoms with E-state index in [1.54, 1.807) is 24.3 Å². The van der Waals surface area contributed by atoms with Gasteiger partial charge in [-0.1, -0.05) is 72.8 Å². The molecule has 0 heterocycles. The highest BCUT2D eigenvalue weighted by molar-refractivity contribution is 7.89. The van der Waals surface area contributed by atoms with Gasteiger partial charge in [-0.3, -0.25) is 4.79 Å². The van der Waals surface area contributed by atoms with Crippen molar-refractivity contribution in [3.8, 4) is 0 Å². The Morgan fingerprint density at radius 2 is 1.29 bits per heavy atom. The molecule has 0 aliphatic heterocycles. The normalized spacial score (nSPS) is 13.4. The summed E-state index contributed by atoms with van der Waals surface area (Å²) in [7, 11) is -3.63. The van der Waals surface area contributed by atoms with Gasteiger partial charge in [0.05, 0.1) is 10.9 Å². The van der Waals surface area contributed by atoms with Crippen molar-refractivity contribution in [3.63, 3.8) is 0 Å². The van der Waals surface area contributed by atoms with E-state index in [0.29, 0.717) is 12.8 Å². The van der Waals surface area contributed by atoms with Crippen molar-refractivity contribution in [1.82, 2.24) is 10.0 Å². The number of carbonyl (C=O) groups excluding carboxylic acids is 1. The zero-order chi connectivity index (χ0) is 22.3. The standard InChI is InChI=1S/C25H28N2O3S/c1-19(22-9-5-3-6-10-22)26-25(28)18-15-21-13-16-24(17-14-21)31(29,30)27-20(2)23-11-7-4-8-12-23/h3-14,16-17,19-20,27H,15,18H2,1-2H3,(H,26,28)/t19-,20+/m1/s1. The third-order valence-electron chi connectivity index (χ3n) is 5.18. The largest absolute Gasteiger partial charge is 0.350 e. The summed E-state index contributed by atoms with van der Waals surface area (Å²) in [6.07, 6.45) is 0.883. The van der Waals surface area contributed by atoms with Gasteiger partial charge in [-0.25, -0.2) is 13.1 Å². The molecule has 0 saturated carbocycles. The van der Waals surface area contributed by atoms with Crippen LogP contribution >= 0.6 is 0 Å². The first-order valence-corrected chi connectivity index (χ1v) is 11.8. The van der Waals surface area contributed by atoms with Crippen molar-refractivity contribution in [2.45, 2.75) is 43.7 Å². The summed E-state index contributed by atoms with van der Waals surface area (Å²) >= 11 is 0. The van der Waals surface area contributed by atoms with Gasteiger partial charge in [-0.2, -0.15) is 0 Å². The van der Waals surface area contributed by atoms with E-state index < -0.39 is 10.0 Å². The molecule has 0 fully saturated rings. The van der Waals surface area contributed by atoms with Crippen LogP contribution in [-0.2, 0) is 21.2 Å². The Bertz CT molecular complexity index is 1080. The van der Waals surface area contributed by atoms with Gasteiger partial charge in [0.1, 0.15) is 0 Å². The average Bonchev–Trinajstić information content (AvgIpc) is 2.79. The highest BCUT2D eigenvalue weighted by Crippen LogP contribution is 2.18. The highest BCUT2D eigenvalue weighted by Gasteiger charge is 2.18. The van der Waals surface area contributed by atoms with E-state index in [1.807, 2.05) is 74.5 Å². The maximum absolute atomic E-state index is 12.7. The van der Waals surface area contributed by atoms with Crippen LogP contribution in [0, 0.1) is 0 Å². The molecule has 31 heavy (non-hydrogen) atoms. The molecule has 6 heteroatoms. The van der Waals surface area contributed by atoms with Crippen LogP contribution in [0.4, 0.5) is 0 Å². The number of carbonyl (C=O) groups is 1. The van der Waals surface area contributed by atoms with Crippen LogP contribution in [0.3, 0.4) is 0 Å². The topological polar surface area (TPSA) is 75.3 Å². The van der Waals surface area contributed by atoms with Gasteiger partial charge in [0, 0.05) is 12.5 Å². The number of rotatable bonds is 9. The molecular formula is C25H28N2O3S. The molecule has 3 aromatic carbocycles. The fraction of sp³-hybridized carbons (Fsp3) is 0.240. The number of hydrogen-bond acceptors (Lipinski definition) is 3. The van der Waals surface area contributed by atoms with Gasteiger partial charge in [0.2, 0.25) is 15.9 Å². The van der Waals surface area contributed by atoms with Gasteiger partial charge in [0.15, 0.2) is 0 Å². The molecule has 0 unspecified atom stereocenters. The first-order chi connectivity index (χ1) is 14.8. The number of hydrogen-bond donors (Lipinski definition) is 2. The lowest BCUT2D eigenvalue weighted by Gasteiger charge is -2.15. The number of aryl methyl sites for hydroxylation is 1. The predicted molar refractivity (Wildman–Crippen MR) is 123 cm³/mol. The van der Waals surface area contributed by atoms with Crippen molar-refractivity contribution >= 4 is 15.9 Å². The second-order valence-electron chi connectivity index (χ2n) is 7.60. The van der Waals surface area contributed by atoms with Gasteiger partial charge in [-0.05, 0) is 49.1 Å². The van der Waals surface area contributed by atoms with Gasteiger partial charge < -0.3 is 5.32 Å². The van der Waals surface area contributed by atoms with Crippen LogP contribution in [0.1, 0.15) is 49.0 Å². The molecule has 0 aromatic heterocycles. The SMILES string of the molecule is C[C@H](NS(=O)(=O)c1ccc(CCC(=O)N[C@H](C)c2ccccc2)cc1)c1ccccc1. The maximum atomic E-state index is 12.7. The molecule has 162 valence electrons. The Kier molecular flexibility index (Phi) is 7.60. The molecule has 0 saturated heterocycles. The van der Waals surface area contributed by atoms with Crippen LogP contribution < -0.4 is 10.0 Å². The lowest BCUT2D eigenvalue weighted by molar-refractivity contribution is -0.121. The second-order valence-corrected chi connectivity index (χ2v) is 9.31. The van der Waals surface area contributed by atoms with E-state index in [4.69, 9.17) is 0 Å². The van der Waals surface area contributed by atoms with Crippen molar-refractivity contribution in [3.05, 3.63) is 102 Å². The molecule has 2 atom stereocenters. The zero-order valence-electron chi connectivity index (χ0n) is 17.8. The van der Waals surface area contributed by atoms with Crippen molar-refractivity contribution < 1.29 is 13.2 Å². The summed E-state index contributed by atoms with van der Waals surface area (Å²) in [5.74, 6) is -0.0357. The third-order valence-corrected chi connectivity index (χ3v) is 6.74. The average molecular weight is 437 g/mol. The fourth-order valence-electron chi connectivity index (χ4n) is 3.34.